The Labute approximate surface area is 277 Å². The van der Waals surface area contributed by atoms with Gasteiger partial charge >= 0.3 is 5.97 Å². The molecule has 0 spiro atoms. The average molecular weight is 663 g/mol. The Morgan fingerprint density at radius 3 is 2.05 bits per heavy atom. The second-order valence-corrected chi connectivity index (χ2v) is 14.8. The van der Waals surface area contributed by atoms with Crippen molar-refractivity contribution in [3.8, 4) is 0 Å². The van der Waals surface area contributed by atoms with Crippen LogP contribution < -0.4 is 5.32 Å². The van der Waals surface area contributed by atoms with Crippen LogP contribution in [0.25, 0.3) is 0 Å². The third-order valence-electron chi connectivity index (χ3n) is 9.43. The highest BCUT2D eigenvalue weighted by Crippen LogP contribution is 2.35. The molecule has 0 aliphatic carbocycles. The number of carbonyl (C=O) groups excluding carboxylic acids is 2. The van der Waals surface area contributed by atoms with Crippen molar-refractivity contribution in [2.24, 2.45) is 11.8 Å². The Balaban J connectivity index is 1.77. The summed E-state index contributed by atoms with van der Waals surface area (Å²) in [6.45, 7) is 7.29. The van der Waals surface area contributed by atoms with Crippen LogP contribution in [0.1, 0.15) is 124 Å². The molecule has 258 valence electrons. The van der Waals surface area contributed by atoms with Crippen molar-refractivity contribution in [2.75, 3.05) is 26.5 Å². The van der Waals surface area contributed by atoms with E-state index < -0.39 is 47.1 Å². The summed E-state index contributed by atoms with van der Waals surface area (Å²) >= 11 is 7.80. The molecule has 0 radical (unpaired) electrons. The highest BCUT2D eigenvalue weighted by Gasteiger charge is 2.52. The number of aliphatic hydroxyl groups excluding tert-OH is 2. The number of carbonyl (C=O) groups is 2. The van der Waals surface area contributed by atoms with Crippen LogP contribution in [0.4, 0.5) is 0 Å². The van der Waals surface area contributed by atoms with Gasteiger partial charge in [0.2, 0.25) is 5.91 Å². The summed E-state index contributed by atoms with van der Waals surface area (Å²) in [5, 5.41) is 24.6. The number of likely N-dealkylation sites (tertiary alicyclic amines) is 1. The van der Waals surface area contributed by atoms with Crippen molar-refractivity contribution in [1.82, 2.24) is 10.2 Å². The van der Waals surface area contributed by atoms with Crippen LogP contribution >= 0.6 is 23.4 Å². The fraction of sp³-hybridized carbons (Fsp3) is 0.941. The maximum absolute atomic E-state index is 13.3. The van der Waals surface area contributed by atoms with Gasteiger partial charge < -0.3 is 25.0 Å². The number of ether oxygens (including phenoxy) is 2. The summed E-state index contributed by atoms with van der Waals surface area (Å²) in [6, 6.07) is -1.02. The van der Waals surface area contributed by atoms with E-state index in [1.54, 1.807) is 13.2 Å². The van der Waals surface area contributed by atoms with Gasteiger partial charge in [-0.1, -0.05) is 97.3 Å². The topological polar surface area (TPSA) is 108 Å². The van der Waals surface area contributed by atoms with E-state index >= 15 is 0 Å². The van der Waals surface area contributed by atoms with Crippen LogP contribution in [0.15, 0.2) is 0 Å². The predicted molar refractivity (Wildman–Crippen MR) is 181 cm³/mol. The molecule has 0 bridgehead atoms. The minimum Gasteiger partial charge on any atom is -0.465 e. The van der Waals surface area contributed by atoms with E-state index in [4.69, 9.17) is 21.1 Å². The lowest BCUT2D eigenvalue weighted by Crippen LogP contribution is -2.64. The van der Waals surface area contributed by atoms with Crippen molar-refractivity contribution in [2.45, 2.75) is 165 Å². The van der Waals surface area contributed by atoms with E-state index in [1.165, 1.54) is 76.0 Å². The highest BCUT2D eigenvalue weighted by atomic mass is 35.5. The van der Waals surface area contributed by atoms with Crippen LogP contribution in [0.5, 0.6) is 0 Å². The van der Waals surface area contributed by atoms with Gasteiger partial charge in [-0.25, -0.2) is 0 Å². The van der Waals surface area contributed by atoms with Gasteiger partial charge in [-0.05, 0) is 45.4 Å². The molecule has 0 unspecified atom stereocenters. The van der Waals surface area contributed by atoms with Crippen LogP contribution in [-0.4, -0.2) is 94.7 Å². The largest absolute Gasteiger partial charge is 0.465 e. The van der Waals surface area contributed by atoms with Crippen molar-refractivity contribution < 1.29 is 29.3 Å². The molecule has 0 aromatic rings. The lowest BCUT2D eigenvalue weighted by Gasteiger charge is -2.44. The number of esters is 1. The number of rotatable bonds is 22. The summed E-state index contributed by atoms with van der Waals surface area (Å²) < 4.78 is 11.7. The molecule has 2 fully saturated rings. The number of aliphatic hydroxyl groups is 2. The quantitative estimate of drug-likeness (QED) is 0.0707. The maximum Gasteiger partial charge on any atom is 0.315 e. The minimum absolute atomic E-state index is 0.158. The van der Waals surface area contributed by atoms with Crippen molar-refractivity contribution in [1.29, 1.82) is 0 Å². The number of nitrogens with zero attached hydrogens (tertiary/aromatic N) is 1. The number of unbranched alkanes of at least 4 members (excludes halogenated alkanes) is 12. The third-order valence-corrected chi connectivity index (χ3v) is 10.6. The zero-order valence-corrected chi connectivity index (χ0v) is 29.8. The average Bonchev–Trinajstić information content (AvgIpc) is 3.37. The van der Waals surface area contributed by atoms with Crippen molar-refractivity contribution in [3.05, 3.63) is 0 Å². The Hall–Kier alpha value is -0.580. The monoisotopic (exact) mass is 662 g/mol. The third kappa shape index (κ3) is 12.9. The minimum atomic E-state index is -1.41. The Bertz CT molecular complexity index is 806. The zero-order valence-electron chi connectivity index (χ0n) is 28.2. The van der Waals surface area contributed by atoms with Gasteiger partial charge in [-0.15, -0.1) is 23.4 Å². The fourth-order valence-electron chi connectivity index (χ4n) is 6.77. The van der Waals surface area contributed by atoms with E-state index in [1.807, 2.05) is 7.05 Å². The molecule has 2 aliphatic heterocycles. The molecule has 2 aliphatic rings. The summed E-state index contributed by atoms with van der Waals surface area (Å²) in [5.74, 6) is -1.29. The van der Waals surface area contributed by atoms with E-state index in [0.29, 0.717) is 5.92 Å². The normalized spacial score (nSPS) is 29.0. The van der Waals surface area contributed by atoms with Gasteiger partial charge in [0.25, 0.3) is 0 Å². The first-order valence-corrected chi connectivity index (χ1v) is 19.2. The van der Waals surface area contributed by atoms with Gasteiger partial charge in [0.1, 0.15) is 23.6 Å². The Morgan fingerprint density at radius 1 is 0.955 bits per heavy atom. The first-order valence-electron chi connectivity index (χ1n) is 17.5. The first-order chi connectivity index (χ1) is 21.2. The molecule has 3 N–H and O–H groups in total. The molecule has 2 heterocycles. The lowest BCUT2D eigenvalue weighted by molar-refractivity contribution is -0.200. The summed E-state index contributed by atoms with van der Waals surface area (Å²) in [5.41, 5.74) is -0.740. The van der Waals surface area contributed by atoms with Crippen LogP contribution in [0.2, 0.25) is 0 Å². The zero-order chi connectivity index (χ0) is 32.5. The highest BCUT2D eigenvalue weighted by molar-refractivity contribution is 7.99. The molecule has 2 rings (SSSR count). The molecule has 8 nitrogen and oxygen atoms in total. The number of halogens is 1. The smallest absolute Gasteiger partial charge is 0.315 e. The number of likely N-dealkylation sites (N-methyl/N-ethyl adjacent to an activating group) is 1. The summed E-state index contributed by atoms with van der Waals surface area (Å²) in [6.07, 6.45) is 17.0. The Morgan fingerprint density at radius 2 is 1.52 bits per heavy atom. The number of alkyl halides is 1. The molecule has 9 atom stereocenters. The summed E-state index contributed by atoms with van der Waals surface area (Å²) in [7, 11) is 1.95. The molecule has 0 aromatic heterocycles. The van der Waals surface area contributed by atoms with E-state index in [0.717, 1.165) is 45.1 Å². The maximum atomic E-state index is 13.3. The predicted octanol–water partition coefficient (Wildman–Crippen LogP) is 6.28. The van der Waals surface area contributed by atoms with Gasteiger partial charge in [0.15, 0.2) is 0 Å². The molecule has 0 saturated carbocycles. The van der Waals surface area contributed by atoms with E-state index in [2.05, 4.69) is 24.1 Å². The fourth-order valence-corrected chi connectivity index (χ4v) is 7.79. The second kappa shape index (κ2) is 22.1. The number of nitrogens with one attached hydrogen (secondary N) is 1. The SMILES string of the molecule is CCCCCCCCCCCCCCCOC(=O)[C@@H]1[C@@H](O)[C@@H](O)[C@@H]([C@H](NC(=O)[C@@H]2C[C@@H](CCC)CN2C)[C@@H](C)Cl)O[C@@H]1SC. The number of thioether (sulfide) groups is 1. The van der Waals surface area contributed by atoms with Gasteiger partial charge in [0, 0.05) is 6.54 Å². The molecule has 0 aromatic carbocycles. The number of hydrogen-bond acceptors (Lipinski definition) is 8. The molecule has 44 heavy (non-hydrogen) atoms. The molecule has 10 heteroatoms. The van der Waals surface area contributed by atoms with Crippen LogP contribution in [-0.2, 0) is 19.1 Å². The Kier molecular flexibility index (Phi) is 19.9. The lowest BCUT2D eigenvalue weighted by atomic mass is 9.87. The van der Waals surface area contributed by atoms with Gasteiger partial charge in [0.05, 0.1) is 30.2 Å². The van der Waals surface area contributed by atoms with Crippen LogP contribution in [0, 0.1) is 11.8 Å². The van der Waals surface area contributed by atoms with Gasteiger partial charge in [-0.2, -0.15) is 0 Å². The van der Waals surface area contributed by atoms with Crippen LogP contribution in [0.3, 0.4) is 0 Å². The first kappa shape index (κ1) is 39.6. The van der Waals surface area contributed by atoms with E-state index in [9.17, 15) is 19.8 Å². The van der Waals surface area contributed by atoms with Crippen molar-refractivity contribution >= 4 is 35.2 Å². The molecule has 2 saturated heterocycles. The molecular weight excluding hydrogens is 600 g/mol. The van der Waals surface area contributed by atoms with Gasteiger partial charge in [-0.3, -0.25) is 14.5 Å². The number of hydrogen-bond donors (Lipinski definition) is 3. The molecule has 1 amide bonds. The van der Waals surface area contributed by atoms with Crippen molar-refractivity contribution in [3.63, 3.8) is 0 Å². The number of amides is 1. The second-order valence-electron chi connectivity index (χ2n) is 13.2. The molecular formula is C34H63ClN2O6S. The standard InChI is InChI=1S/C34H63ClN2O6S/c1-6-8-9-10-11-12-13-14-15-16-17-18-19-21-42-33(41)27-29(38)30(39)31(43-34(27)44-5)28(24(3)35)36-32(40)26-22-25(20-7-2)23-37(26)4/h24-31,34,38-39H,6-23H2,1-5H3,(H,36,40)/t24-,25-,26+,27+,28-,29-,30-,31-,34-/m1/s1. The van der Waals surface area contributed by atoms with E-state index in [-0.39, 0.29) is 18.6 Å². The summed E-state index contributed by atoms with van der Waals surface area (Å²) in [4.78, 5) is 28.4.